The summed E-state index contributed by atoms with van der Waals surface area (Å²) in [4.78, 5) is 16.9. The molecule has 0 saturated carbocycles. The Morgan fingerprint density at radius 1 is 0.711 bits per heavy atom. The highest BCUT2D eigenvalue weighted by Crippen LogP contribution is 2.36. The van der Waals surface area contributed by atoms with Gasteiger partial charge in [0.05, 0.1) is 20.8 Å². The number of rotatable bonds is 18. The van der Waals surface area contributed by atoms with Gasteiger partial charge in [-0.3, -0.25) is 16.7 Å². The molecule has 0 aromatic carbocycles. The second-order valence-electron chi connectivity index (χ2n) is 8.29. The standard InChI is InChI=1S/C17H30O24S4/c1-28-9-10(37-42-41-40-32-5)12(15(18)30-3)36-17(13(9)29-2)35-8-7(6-33-43(19,20)21)34-16(31-4)14(39-45(25,26)27)11(8)38-44(22,23)24/h7-14,16-17H,6H2,1-5H3,(H,19,20,21)(H,22,23,24)(H,25,26,27)/p-3/t7-,8+,9-,10-,11?,12?,13?,14?,16-,17+/m0/s1. The van der Waals surface area contributed by atoms with Gasteiger partial charge in [0.2, 0.25) is 31.2 Å². The lowest BCUT2D eigenvalue weighted by molar-refractivity contribution is -0.450. The molecule has 24 nitrogen and oxygen atoms in total. The summed E-state index contributed by atoms with van der Waals surface area (Å²) in [6, 6.07) is 0. The smallest absolute Gasteiger partial charge is 0.338 e. The van der Waals surface area contributed by atoms with E-state index < -0.39 is 105 Å². The largest absolute Gasteiger partial charge is 0.726 e. The minimum absolute atomic E-state index is 0.136. The van der Waals surface area contributed by atoms with Gasteiger partial charge < -0.3 is 46.8 Å². The molecular weight excluding hydrogens is 716 g/mol. The average Bonchev–Trinajstić information content (AvgIpc) is 2.93. The number of methoxy groups -OCH3 is 4. The van der Waals surface area contributed by atoms with E-state index in [-0.39, 0.29) is 12.3 Å². The van der Waals surface area contributed by atoms with Crippen molar-refractivity contribution >= 4 is 49.5 Å². The number of esters is 1. The first-order chi connectivity index (χ1) is 20.9. The molecule has 2 saturated heterocycles. The van der Waals surface area contributed by atoms with Gasteiger partial charge in [0, 0.05) is 21.3 Å². The predicted molar refractivity (Wildman–Crippen MR) is 129 cm³/mol. The van der Waals surface area contributed by atoms with E-state index in [9.17, 15) is 43.7 Å². The Balaban J connectivity index is 2.63. The molecule has 0 radical (unpaired) electrons. The summed E-state index contributed by atoms with van der Waals surface area (Å²) in [7, 11) is -12.0. The summed E-state index contributed by atoms with van der Waals surface area (Å²) < 4.78 is 163. The molecule has 2 aliphatic rings. The molecule has 28 heteroatoms. The predicted octanol–water partition coefficient (Wildman–Crippen LogP) is -3.70. The van der Waals surface area contributed by atoms with E-state index in [0.29, 0.717) is 0 Å². The van der Waals surface area contributed by atoms with Crippen molar-refractivity contribution in [2.75, 3.05) is 42.2 Å². The molecule has 2 rings (SSSR count). The first kappa shape index (κ1) is 40.2. The highest BCUT2D eigenvalue weighted by molar-refractivity contribution is 7.89. The van der Waals surface area contributed by atoms with Gasteiger partial charge in [0.1, 0.15) is 36.6 Å². The molecule has 0 spiro atoms. The summed E-state index contributed by atoms with van der Waals surface area (Å²) in [5.74, 6) is -1.14. The van der Waals surface area contributed by atoms with E-state index in [1.165, 1.54) is 0 Å². The van der Waals surface area contributed by atoms with Gasteiger partial charge >= 0.3 is 5.97 Å². The zero-order valence-corrected chi connectivity index (χ0v) is 26.7. The van der Waals surface area contributed by atoms with Gasteiger partial charge in [-0.2, -0.15) is 0 Å². The van der Waals surface area contributed by atoms with Crippen molar-refractivity contribution in [3.8, 4) is 0 Å². The van der Waals surface area contributed by atoms with Crippen LogP contribution in [0, 0.1) is 0 Å². The van der Waals surface area contributed by atoms with E-state index in [4.69, 9.17) is 37.3 Å². The van der Waals surface area contributed by atoms with Crippen LogP contribution in [0.4, 0.5) is 0 Å². The molecule has 0 amide bonds. The minimum atomic E-state index is -5.84. The van der Waals surface area contributed by atoms with Crippen LogP contribution in [0.1, 0.15) is 0 Å². The normalized spacial score (nSPS) is 33.2. The lowest BCUT2D eigenvalue weighted by Crippen LogP contribution is -2.67. The topological polar surface area (TPSA) is 318 Å². The summed E-state index contributed by atoms with van der Waals surface area (Å²) in [6.45, 7) is -1.32. The van der Waals surface area contributed by atoms with Crippen molar-refractivity contribution < 1.29 is 108 Å². The summed E-state index contributed by atoms with van der Waals surface area (Å²) >= 11 is 0.136. The fourth-order valence-corrected chi connectivity index (χ4v) is 5.78. The monoisotopic (exact) mass is 743 g/mol. The zero-order valence-electron chi connectivity index (χ0n) is 23.4. The molecule has 4 unspecified atom stereocenters. The van der Waals surface area contributed by atoms with Crippen LogP contribution in [0.2, 0.25) is 0 Å². The van der Waals surface area contributed by atoms with Crippen LogP contribution < -0.4 is 0 Å². The highest BCUT2D eigenvalue weighted by Gasteiger charge is 2.56. The number of hydrogen-bond donors (Lipinski definition) is 0. The Morgan fingerprint density at radius 2 is 1.31 bits per heavy atom. The molecule has 0 aromatic rings. The second-order valence-corrected chi connectivity index (χ2v) is 11.8. The van der Waals surface area contributed by atoms with E-state index >= 15 is 0 Å². The van der Waals surface area contributed by atoms with E-state index in [0.717, 1.165) is 35.5 Å². The zero-order chi connectivity index (χ0) is 34.2. The quantitative estimate of drug-likeness (QED) is 0.0248. The van der Waals surface area contributed by atoms with Crippen LogP contribution in [-0.4, -0.2) is 148 Å². The first-order valence-electron chi connectivity index (χ1n) is 11.6. The average molecular weight is 744 g/mol. The lowest BCUT2D eigenvalue weighted by atomic mass is 9.96. The Hall–Kier alpha value is -0.970. The van der Waals surface area contributed by atoms with Crippen LogP contribution >= 0.6 is 12.3 Å². The maximum absolute atomic E-state index is 12.7. The van der Waals surface area contributed by atoms with Gasteiger partial charge in [-0.05, 0) is 0 Å². The first-order valence-corrected chi connectivity index (χ1v) is 16.3. The van der Waals surface area contributed by atoms with Crippen molar-refractivity contribution in [2.45, 2.75) is 61.4 Å². The van der Waals surface area contributed by atoms with Gasteiger partial charge in [-0.15, -0.1) is 4.33 Å². The maximum atomic E-state index is 12.7. The van der Waals surface area contributed by atoms with Crippen molar-refractivity contribution in [1.82, 2.24) is 0 Å². The molecule has 2 aliphatic heterocycles. The Morgan fingerprint density at radius 3 is 1.80 bits per heavy atom. The van der Waals surface area contributed by atoms with Crippen LogP contribution in [0.25, 0.3) is 0 Å². The number of ether oxygens (including phenoxy) is 7. The van der Waals surface area contributed by atoms with Gasteiger partial charge in [0.15, 0.2) is 37.1 Å². The highest BCUT2D eigenvalue weighted by atomic mass is 32.3. The Kier molecular flexibility index (Phi) is 15.6. The van der Waals surface area contributed by atoms with Crippen LogP contribution in [-0.2, 0) is 100 Å². The van der Waals surface area contributed by atoms with Gasteiger partial charge in [-0.1, -0.05) is 5.04 Å². The molecular formula is C17H27O24S4-3. The molecule has 45 heavy (non-hydrogen) atoms. The molecule has 2 heterocycles. The SMILES string of the molecule is COOOSO[C@@H]1C(C(=O)OC)O[C@@H](O[C@H]2C(OS(=O)(=O)[O-])C(OS(=O)(=O)[O-])[C@@H](OC)O[C@H]2COS(=O)(=O)[O-])C(OC)[C@H]1OC. The van der Waals surface area contributed by atoms with E-state index in [1.807, 2.05) is 0 Å². The number of carbonyl (C=O) groups is 1. The molecule has 0 N–H and O–H groups in total. The second kappa shape index (κ2) is 17.4. The Bertz CT molecular complexity index is 1260. The number of carbonyl (C=O) groups excluding carboxylic acids is 1. The molecule has 0 bridgehead atoms. The fraction of sp³-hybridized carbons (Fsp3) is 0.941. The summed E-state index contributed by atoms with van der Waals surface area (Å²) in [5.41, 5.74) is 0. The van der Waals surface area contributed by atoms with Crippen LogP contribution in [0.15, 0.2) is 0 Å². The Labute approximate surface area is 260 Å². The molecule has 2 fully saturated rings. The third kappa shape index (κ3) is 12.2. The summed E-state index contributed by atoms with van der Waals surface area (Å²) in [5, 5.41) is 4.18. The summed E-state index contributed by atoms with van der Waals surface area (Å²) in [6.07, 6.45) is -19.5. The number of hydrogen-bond acceptors (Lipinski definition) is 25. The molecule has 10 atom stereocenters. The third-order valence-corrected chi connectivity index (χ3v) is 7.45. The van der Waals surface area contributed by atoms with Gasteiger partial charge in [-0.25, -0.2) is 34.9 Å². The lowest BCUT2D eigenvalue weighted by Gasteiger charge is -2.48. The van der Waals surface area contributed by atoms with Crippen LogP contribution in [0.3, 0.4) is 0 Å². The van der Waals surface area contributed by atoms with Gasteiger partial charge in [0.25, 0.3) is 0 Å². The van der Waals surface area contributed by atoms with E-state index in [1.54, 1.807) is 0 Å². The van der Waals surface area contributed by atoms with Crippen molar-refractivity contribution in [3.63, 3.8) is 0 Å². The fourth-order valence-electron chi connectivity index (χ4n) is 4.10. The van der Waals surface area contributed by atoms with Crippen molar-refractivity contribution in [2.24, 2.45) is 0 Å². The molecule has 0 aliphatic carbocycles. The van der Waals surface area contributed by atoms with E-state index in [2.05, 4.69) is 26.8 Å². The van der Waals surface area contributed by atoms with Crippen LogP contribution in [0.5, 0.6) is 0 Å². The van der Waals surface area contributed by atoms with Crippen molar-refractivity contribution in [1.29, 1.82) is 0 Å². The maximum Gasteiger partial charge on any atom is 0.338 e. The minimum Gasteiger partial charge on any atom is -0.726 e. The molecule has 0 aromatic heterocycles. The van der Waals surface area contributed by atoms with Crippen molar-refractivity contribution in [3.05, 3.63) is 0 Å². The molecule has 266 valence electrons. The third-order valence-electron chi connectivity index (χ3n) is 5.70.